The minimum absolute atomic E-state index is 0.228. The second-order valence-corrected chi connectivity index (χ2v) is 5.92. The number of aromatic nitrogens is 3. The average molecular weight is 319 g/mol. The number of nitrogens with one attached hydrogen (secondary N) is 3. The maximum atomic E-state index is 11.5. The molecule has 1 saturated heterocycles. The lowest BCUT2D eigenvalue weighted by Crippen LogP contribution is -2.25. The summed E-state index contributed by atoms with van der Waals surface area (Å²) in [5.41, 5.74) is 6.61. The number of primary amides is 1. The number of rotatable bonds is 5. The Morgan fingerprint density at radius 3 is 3.05 bits per heavy atom. The van der Waals surface area contributed by atoms with Crippen LogP contribution < -0.4 is 21.7 Å². The molecule has 8 nitrogen and oxygen atoms in total. The van der Waals surface area contributed by atoms with Crippen LogP contribution in [0, 0.1) is 6.92 Å². The van der Waals surface area contributed by atoms with E-state index in [1.807, 2.05) is 13.0 Å². The van der Waals surface area contributed by atoms with Crippen molar-refractivity contribution in [1.29, 1.82) is 0 Å². The maximum Gasteiger partial charge on any atom is 0.254 e. The SMILES string of the molecule is Cc1cc(Nc2ncc(C(N)=O)c(N[C@@H]3CCNC3)n2)sn1. The Balaban J connectivity index is 1.83. The third-order valence-electron chi connectivity index (χ3n) is 3.32. The highest BCUT2D eigenvalue weighted by molar-refractivity contribution is 7.10. The van der Waals surface area contributed by atoms with Gasteiger partial charge in [0.25, 0.3) is 5.91 Å². The number of aryl methyl sites for hydroxylation is 1. The summed E-state index contributed by atoms with van der Waals surface area (Å²) >= 11 is 1.33. The molecule has 3 heterocycles. The van der Waals surface area contributed by atoms with Gasteiger partial charge in [-0.3, -0.25) is 4.79 Å². The molecule has 1 fully saturated rings. The molecule has 9 heteroatoms. The summed E-state index contributed by atoms with van der Waals surface area (Å²) in [4.78, 5) is 20.0. The van der Waals surface area contributed by atoms with Crippen LogP contribution in [-0.2, 0) is 0 Å². The topological polar surface area (TPSA) is 118 Å². The number of amides is 1. The zero-order chi connectivity index (χ0) is 15.5. The van der Waals surface area contributed by atoms with Crippen molar-refractivity contribution >= 4 is 34.2 Å². The van der Waals surface area contributed by atoms with Gasteiger partial charge in [-0.2, -0.15) is 9.36 Å². The zero-order valence-corrected chi connectivity index (χ0v) is 12.9. The highest BCUT2D eigenvalue weighted by Gasteiger charge is 2.19. The van der Waals surface area contributed by atoms with Crippen molar-refractivity contribution in [2.24, 2.45) is 5.73 Å². The zero-order valence-electron chi connectivity index (χ0n) is 12.1. The summed E-state index contributed by atoms with van der Waals surface area (Å²) in [7, 11) is 0. The number of nitrogens with two attached hydrogens (primary N) is 1. The number of carbonyl (C=O) groups excluding carboxylic acids is 1. The lowest BCUT2D eigenvalue weighted by atomic mass is 10.2. The summed E-state index contributed by atoms with van der Waals surface area (Å²) in [5, 5.41) is 10.4. The lowest BCUT2D eigenvalue weighted by molar-refractivity contribution is 0.100. The van der Waals surface area contributed by atoms with Gasteiger partial charge in [0, 0.05) is 18.8 Å². The largest absolute Gasteiger partial charge is 0.365 e. The molecule has 0 spiro atoms. The Hall–Kier alpha value is -2.26. The van der Waals surface area contributed by atoms with E-state index in [2.05, 4.69) is 30.3 Å². The molecule has 0 aromatic carbocycles. The first-order valence-corrected chi connectivity index (χ1v) is 7.73. The molecular weight excluding hydrogens is 302 g/mol. The van der Waals surface area contributed by atoms with Crippen molar-refractivity contribution in [2.75, 3.05) is 23.7 Å². The monoisotopic (exact) mass is 319 g/mol. The smallest absolute Gasteiger partial charge is 0.254 e. The van der Waals surface area contributed by atoms with Crippen molar-refractivity contribution in [3.63, 3.8) is 0 Å². The van der Waals surface area contributed by atoms with E-state index < -0.39 is 5.91 Å². The van der Waals surface area contributed by atoms with Crippen LogP contribution in [-0.4, -0.2) is 39.4 Å². The lowest BCUT2D eigenvalue weighted by Gasteiger charge is -2.15. The minimum atomic E-state index is -0.548. The summed E-state index contributed by atoms with van der Waals surface area (Å²) in [6.45, 7) is 3.69. The van der Waals surface area contributed by atoms with Crippen LogP contribution in [0.2, 0.25) is 0 Å². The Morgan fingerprint density at radius 1 is 1.55 bits per heavy atom. The highest BCUT2D eigenvalue weighted by atomic mass is 32.1. The first kappa shape index (κ1) is 14.7. The van der Waals surface area contributed by atoms with Crippen LogP contribution in [0.4, 0.5) is 16.8 Å². The van der Waals surface area contributed by atoms with Gasteiger partial charge in [-0.1, -0.05) is 0 Å². The van der Waals surface area contributed by atoms with Crippen molar-refractivity contribution < 1.29 is 4.79 Å². The van der Waals surface area contributed by atoms with Gasteiger partial charge in [-0.15, -0.1) is 0 Å². The maximum absolute atomic E-state index is 11.5. The van der Waals surface area contributed by atoms with Gasteiger partial charge in [0.05, 0.1) is 11.3 Å². The van der Waals surface area contributed by atoms with Gasteiger partial charge >= 0.3 is 0 Å². The molecule has 1 amide bonds. The Morgan fingerprint density at radius 2 is 2.41 bits per heavy atom. The first-order chi connectivity index (χ1) is 10.6. The van der Waals surface area contributed by atoms with Gasteiger partial charge in [0.2, 0.25) is 5.95 Å². The summed E-state index contributed by atoms with van der Waals surface area (Å²) in [6, 6.07) is 2.14. The molecular formula is C13H17N7OS. The number of hydrogen-bond acceptors (Lipinski definition) is 8. The van der Waals surface area contributed by atoms with E-state index in [0.29, 0.717) is 11.8 Å². The van der Waals surface area contributed by atoms with E-state index >= 15 is 0 Å². The van der Waals surface area contributed by atoms with E-state index in [1.54, 1.807) is 0 Å². The van der Waals surface area contributed by atoms with Crippen LogP contribution >= 0.6 is 11.5 Å². The second-order valence-electron chi connectivity index (χ2n) is 5.11. The van der Waals surface area contributed by atoms with Gasteiger partial charge in [0.15, 0.2) is 0 Å². The Labute approximate surface area is 131 Å². The quantitative estimate of drug-likeness (QED) is 0.645. The molecule has 1 atom stereocenters. The van der Waals surface area contributed by atoms with Crippen LogP contribution in [0.15, 0.2) is 12.3 Å². The number of hydrogen-bond donors (Lipinski definition) is 4. The van der Waals surface area contributed by atoms with E-state index in [9.17, 15) is 4.79 Å². The molecule has 0 bridgehead atoms. The molecule has 0 unspecified atom stereocenters. The van der Waals surface area contributed by atoms with Crippen molar-refractivity contribution in [3.05, 3.63) is 23.5 Å². The molecule has 3 rings (SSSR count). The molecule has 1 aliphatic heterocycles. The van der Waals surface area contributed by atoms with E-state index in [4.69, 9.17) is 5.73 Å². The molecule has 2 aromatic heterocycles. The fourth-order valence-electron chi connectivity index (χ4n) is 2.24. The molecule has 5 N–H and O–H groups in total. The summed E-state index contributed by atoms with van der Waals surface area (Å²) < 4.78 is 4.19. The third kappa shape index (κ3) is 3.31. The van der Waals surface area contributed by atoms with Crippen LogP contribution in [0.3, 0.4) is 0 Å². The standard InChI is InChI=1S/C13H17N7OS/c1-7-4-10(22-20-7)18-13-16-6-9(11(14)21)12(19-13)17-8-2-3-15-5-8/h4,6,8,15H,2-3,5H2,1H3,(H2,14,21)(H2,16,17,18,19)/t8-/m1/s1. The van der Waals surface area contributed by atoms with Gasteiger partial charge in [-0.25, -0.2) is 4.98 Å². The van der Waals surface area contributed by atoms with Crippen molar-refractivity contribution in [2.45, 2.75) is 19.4 Å². The molecule has 116 valence electrons. The number of anilines is 3. The fraction of sp³-hybridized carbons (Fsp3) is 0.385. The predicted molar refractivity (Wildman–Crippen MR) is 85.6 cm³/mol. The van der Waals surface area contributed by atoms with Gasteiger partial charge < -0.3 is 21.7 Å². The Bertz CT molecular complexity index is 681. The molecule has 2 aromatic rings. The molecule has 22 heavy (non-hydrogen) atoms. The van der Waals surface area contributed by atoms with Crippen molar-refractivity contribution in [3.8, 4) is 0 Å². The van der Waals surface area contributed by atoms with Crippen LogP contribution in [0.1, 0.15) is 22.5 Å². The normalized spacial score (nSPS) is 17.4. The van der Waals surface area contributed by atoms with Crippen molar-refractivity contribution in [1.82, 2.24) is 19.7 Å². The van der Waals surface area contributed by atoms with E-state index in [0.717, 1.165) is 30.2 Å². The van der Waals surface area contributed by atoms with Gasteiger partial charge in [-0.05, 0) is 37.5 Å². The van der Waals surface area contributed by atoms with E-state index in [-0.39, 0.29) is 11.6 Å². The molecule has 0 aliphatic carbocycles. The van der Waals surface area contributed by atoms with E-state index in [1.165, 1.54) is 17.7 Å². The summed E-state index contributed by atoms with van der Waals surface area (Å²) in [5.74, 6) is 0.315. The predicted octanol–water partition coefficient (Wildman–Crippen LogP) is 0.858. The van der Waals surface area contributed by atoms with Gasteiger partial charge in [0.1, 0.15) is 10.8 Å². The highest BCUT2D eigenvalue weighted by Crippen LogP contribution is 2.22. The summed E-state index contributed by atoms with van der Waals surface area (Å²) in [6.07, 6.45) is 2.41. The number of carbonyl (C=O) groups is 1. The third-order valence-corrected chi connectivity index (χ3v) is 4.11. The fourth-order valence-corrected chi connectivity index (χ4v) is 2.89. The Kier molecular flexibility index (Phi) is 4.16. The molecule has 1 aliphatic rings. The average Bonchev–Trinajstić information content (AvgIpc) is 3.11. The van der Waals surface area contributed by atoms with Crippen LogP contribution in [0.25, 0.3) is 0 Å². The van der Waals surface area contributed by atoms with Crippen LogP contribution in [0.5, 0.6) is 0 Å². The first-order valence-electron chi connectivity index (χ1n) is 6.96. The minimum Gasteiger partial charge on any atom is -0.365 e. The molecule has 0 radical (unpaired) electrons. The second kappa shape index (κ2) is 6.24. The number of nitrogens with zero attached hydrogens (tertiary/aromatic N) is 3. The molecule has 0 saturated carbocycles.